The van der Waals surface area contributed by atoms with E-state index < -0.39 is 17.5 Å². The minimum absolute atomic E-state index is 0.103. The molecular formula is C15H14N2O4. The van der Waals surface area contributed by atoms with Gasteiger partial charge >= 0.3 is 11.7 Å². The molecular weight excluding hydrogens is 272 g/mol. The number of benzene rings is 1. The van der Waals surface area contributed by atoms with Crippen LogP contribution in [0.15, 0.2) is 18.2 Å². The van der Waals surface area contributed by atoms with Gasteiger partial charge in [0.1, 0.15) is 12.4 Å². The third-order valence-corrected chi connectivity index (χ3v) is 2.62. The maximum atomic E-state index is 12.3. The fourth-order valence-electron chi connectivity index (χ4n) is 1.61. The number of nitrogens with zero attached hydrogens (tertiary/aromatic N) is 2. The molecule has 0 radical (unpaired) electrons. The van der Waals surface area contributed by atoms with E-state index in [0.29, 0.717) is 5.56 Å². The van der Waals surface area contributed by atoms with Crippen molar-refractivity contribution in [2.45, 2.75) is 13.8 Å². The van der Waals surface area contributed by atoms with Crippen molar-refractivity contribution < 1.29 is 23.9 Å². The molecule has 6 nitrogen and oxygen atoms in total. The number of methoxy groups -OCH3 is 1. The molecule has 1 aromatic rings. The third kappa shape index (κ3) is 3.78. The summed E-state index contributed by atoms with van der Waals surface area (Å²) in [6.45, 7) is 3.52. The van der Waals surface area contributed by atoms with Crippen molar-refractivity contribution >= 4 is 17.5 Å². The number of ether oxygens (including phenoxy) is 2. The van der Waals surface area contributed by atoms with Crippen LogP contribution in [0.4, 0.5) is 0 Å². The molecule has 0 spiro atoms. The van der Waals surface area contributed by atoms with E-state index in [2.05, 4.69) is 21.4 Å². The summed E-state index contributed by atoms with van der Waals surface area (Å²) in [5.41, 5.74) is 8.92. The fourth-order valence-corrected chi connectivity index (χ4v) is 1.61. The van der Waals surface area contributed by atoms with Crippen LogP contribution in [0.5, 0.6) is 5.75 Å². The molecule has 0 aliphatic rings. The van der Waals surface area contributed by atoms with Gasteiger partial charge in [-0.15, -0.1) is 5.92 Å². The van der Waals surface area contributed by atoms with Gasteiger partial charge in [0.25, 0.3) is 5.78 Å². The normalized spacial score (nSPS) is 8.90. The van der Waals surface area contributed by atoms with E-state index in [9.17, 15) is 9.59 Å². The average molecular weight is 286 g/mol. The zero-order valence-electron chi connectivity index (χ0n) is 12.0. The van der Waals surface area contributed by atoms with Crippen molar-refractivity contribution in [3.8, 4) is 17.6 Å². The SMILES string of the molecule is CC#CCOc1c(C)cccc1C(=O)C(=[N+]=[N-])C(=O)OC. The first-order chi connectivity index (χ1) is 10.1. The average Bonchev–Trinajstić information content (AvgIpc) is 2.49. The summed E-state index contributed by atoms with van der Waals surface area (Å²) in [6, 6.07) is 4.85. The van der Waals surface area contributed by atoms with Gasteiger partial charge in [-0.2, -0.15) is 4.79 Å². The van der Waals surface area contributed by atoms with Gasteiger partial charge in [-0.3, -0.25) is 4.79 Å². The Morgan fingerprint density at radius 2 is 2.10 bits per heavy atom. The van der Waals surface area contributed by atoms with Crippen molar-refractivity contribution in [1.29, 1.82) is 0 Å². The van der Waals surface area contributed by atoms with Crippen LogP contribution in [-0.4, -0.2) is 36.0 Å². The van der Waals surface area contributed by atoms with E-state index in [1.54, 1.807) is 26.0 Å². The van der Waals surface area contributed by atoms with Crippen molar-refractivity contribution in [3.63, 3.8) is 0 Å². The highest BCUT2D eigenvalue weighted by Crippen LogP contribution is 2.24. The molecule has 0 saturated carbocycles. The van der Waals surface area contributed by atoms with E-state index in [1.165, 1.54) is 6.07 Å². The lowest BCUT2D eigenvalue weighted by Gasteiger charge is -2.10. The fraction of sp³-hybridized carbons (Fsp3) is 0.267. The molecule has 1 aromatic carbocycles. The van der Waals surface area contributed by atoms with Crippen LogP contribution >= 0.6 is 0 Å². The van der Waals surface area contributed by atoms with Crippen LogP contribution in [0.2, 0.25) is 0 Å². The van der Waals surface area contributed by atoms with E-state index >= 15 is 0 Å². The summed E-state index contributed by atoms with van der Waals surface area (Å²) in [4.78, 5) is 26.4. The number of rotatable bonds is 5. The number of para-hydroxylation sites is 1. The number of hydrogen-bond donors (Lipinski definition) is 0. The van der Waals surface area contributed by atoms with E-state index in [1.807, 2.05) is 0 Å². The van der Waals surface area contributed by atoms with Crippen LogP contribution < -0.4 is 4.74 Å². The predicted molar refractivity (Wildman–Crippen MR) is 75.1 cm³/mol. The van der Waals surface area contributed by atoms with Crippen LogP contribution in [0.25, 0.3) is 5.53 Å². The molecule has 0 N–H and O–H groups in total. The smallest absolute Gasteiger partial charge is 0.446 e. The van der Waals surface area contributed by atoms with Gasteiger partial charge in [-0.25, -0.2) is 4.79 Å². The molecule has 0 aliphatic heterocycles. The van der Waals surface area contributed by atoms with Gasteiger partial charge in [-0.05, 0) is 25.5 Å². The maximum absolute atomic E-state index is 12.3. The molecule has 108 valence electrons. The predicted octanol–water partition coefficient (Wildman–Crippen LogP) is 1.42. The molecule has 21 heavy (non-hydrogen) atoms. The molecule has 0 atom stereocenters. The number of carbonyl (C=O) groups is 2. The minimum Gasteiger partial charge on any atom is -0.480 e. The summed E-state index contributed by atoms with van der Waals surface area (Å²) in [7, 11) is 1.09. The van der Waals surface area contributed by atoms with Crippen molar-refractivity contribution in [1.82, 2.24) is 0 Å². The quantitative estimate of drug-likeness (QED) is 0.156. The zero-order valence-corrected chi connectivity index (χ0v) is 12.0. The molecule has 0 aromatic heterocycles. The van der Waals surface area contributed by atoms with Crippen LogP contribution in [0.3, 0.4) is 0 Å². The van der Waals surface area contributed by atoms with Gasteiger partial charge in [0.15, 0.2) is 0 Å². The molecule has 0 amide bonds. The van der Waals surface area contributed by atoms with Gasteiger partial charge in [0.05, 0.1) is 12.7 Å². The molecule has 0 bridgehead atoms. The Morgan fingerprint density at radius 3 is 2.67 bits per heavy atom. The number of aryl methyl sites for hydroxylation is 1. The molecule has 0 unspecified atom stereocenters. The molecule has 0 saturated heterocycles. The van der Waals surface area contributed by atoms with Gasteiger partial charge < -0.3 is 15.0 Å². The highest BCUT2D eigenvalue weighted by atomic mass is 16.5. The Hall–Kier alpha value is -2.90. The Kier molecular flexibility index (Phi) is 5.87. The van der Waals surface area contributed by atoms with Crippen LogP contribution in [-0.2, 0) is 9.53 Å². The Labute approximate surface area is 122 Å². The zero-order chi connectivity index (χ0) is 15.8. The molecule has 6 heteroatoms. The third-order valence-electron chi connectivity index (χ3n) is 2.62. The molecule has 0 fully saturated rings. The van der Waals surface area contributed by atoms with Crippen molar-refractivity contribution in [2.24, 2.45) is 0 Å². The van der Waals surface area contributed by atoms with E-state index in [0.717, 1.165) is 7.11 Å². The topological polar surface area (TPSA) is 89.0 Å². The van der Waals surface area contributed by atoms with Crippen LogP contribution in [0.1, 0.15) is 22.8 Å². The van der Waals surface area contributed by atoms with Gasteiger partial charge in [-0.1, -0.05) is 18.1 Å². The number of carbonyl (C=O) groups excluding carboxylic acids is 2. The Bertz CT molecular complexity index is 677. The highest BCUT2D eigenvalue weighted by Gasteiger charge is 2.33. The first kappa shape index (κ1) is 16.2. The monoisotopic (exact) mass is 286 g/mol. The number of hydrogen-bond acceptors (Lipinski definition) is 4. The summed E-state index contributed by atoms with van der Waals surface area (Å²) < 4.78 is 9.86. The van der Waals surface area contributed by atoms with Crippen molar-refractivity contribution in [2.75, 3.05) is 13.7 Å². The minimum atomic E-state index is -1.02. The standard InChI is InChI=1S/C15H14N2O4/c1-4-5-9-21-14-10(2)7-6-8-11(14)13(18)12(17-16)15(19)20-3/h6-8H,9H2,1-3H3. The number of esters is 1. The van der Waals surface area contributed by atoms with E-state index in [4.69, 9.17) is 10.3 Å². The molecule has 1 rings (SSSR count). The first-order valence-corrected chi connectivity index (χ1v) is 6.03. The Balaban J connectivity index is 3.25. The largest absolute Gasteiger partial charge is 0.480 e. The number of Topliss-reactive ketones (excluding diaryl/α,β-unsaturated/α-hetero) is 1. The van der Waals surface area contributed by atoms with E-state index in [-0.39, 0.29) is 17.9 Å². The second-order valence-corrected chi connectivity index (χ2v) is 3.94. The summed E-state index contributed by atoms with van der Waals surface area (Å²) >= 11 is 0. The summed E-state index contributed by atoms with van der Waals surface area (Å²) in [6.07, 6.45) is 0. The first-order valence-electron chi connectivity index (χ1n) is 6.03. The maximum Gasteiger partial charge on any atom is 0.446 e. The van der Waals surface area contributed by atoms with Gasteiger partial charge in [0, 0.05) is 0 Å². The second kappa shape index (κ2) is 7.63. The Morgan fingerprint density at radius 1 is 1.38 bits per heavy atom. The van der Waals surface area contributed by atoms with Crippen molar-refractivity contribution in [3.05, 3.63) is 34.9 Å². The molecule has 0 aliphatic carbocycles. The highest BCUT2D eigenvalue weighted by molar-refractivity contribution is 6.65. The lowest BCUT2D eigenvalue weighted by Crippen LogP contribution is -2.27. The summed E-state index contributed by atoms with van der Waals surface area (Å²) in [5.74, 6) is 3.86. The number of ketones is 1. The second-order valence-electron chi connectivity index (χ2n) is 3.94. The van der Waals surface area contributed by atoms with Gasteiger partial charge in [0.2, 0.25) is 0 Å². The molecule has 0 heterocycles. The van der Waals surface area contributed by atoms with Crippen LogP contribution in [0, 0.1) is 18.8 Å². The lowest BCUT2D eigenvalue weighted by atomic mass is 10.0. The lowest BCUT2D eigenvalue weighted by molar-refractivity contribution is -0.137. The summed E-state index contributed by atoms with van der Waals surface area (Å²) in [5, 5.41) is 0.